The number of primary amides is 1. The number of carbonyl (C=O) groups is 1. The average molecular weight is 375 g/mol. The van der Waals surface area contributed by atoms with Crippen molar-refractivity contribution in [3.8, 4) is 0 Å². The van der Waals surface area contributed by atoms with Gasteiger partial charge in [0.25, 0.3) is 5.91 Å². The first-order chi connectivity index (χ1) is 12.9. The van der Waals surface area contributed by atoms with Gasteiger partial charge < -0.3 is 11.1 Å². The highest BCUT2D eigenvalue weighted by molar-refractivity contribution is 5.97. The van der Waals surface area contributed by atoms with Crippen LogP contribution in [-0.4, -0.2) is 27.6 Å². The van der Waals surface area contributed by atoms with Gasteiger partial charge in [0.1, 0.15) is 17.3 Å². The number of halogens is 1. The van der Waals surface area contributed by atoms with Crippen LogP contribution in [0.4, 0.5) is 10.2 Å². The Kier molecular flexibility index (Phi) is 4.85. The molecule has 0 unspecified atom stereocenters. The molecule has 4 saturated carbocycles. The maximum atomic E-state index is 14.5. The second kappa shape index (κ2) is 7.02. The number of hydrogen-bond acceptors (Lipinski definition) is 4. The third-order valence-corrected chi connectivity index (χ3v) is 7.22. The molecule has 0 aromatic carbocycles. The Hall–Kier alpha value is -1.72. The Morgan fingerprint density at radius 2 is 1.96 bits per heavy atom. The van der Waals surface area contributed by atoms with Crippen molar-refractivity contribution in [3.63, 3.8) is 0 Å². The number of nitrogens with one attached hydrogen (secondary N) is 1. The number of hydrogen-bond donors (Lipinski definition) is 2. The lowest BCUT2D eigenvalue weighted by atomic mass is 9.58. The molecule has 0 saturated heterocycles. The number of alkyl halides is 1. The van der Waals surface area contributed by atoms with E-state index in [2.05, 4.69) is 17.2 Å². The highest BCUT2D eigenvalue weighted by atomic mass is 19.1. The van der Waals surface area contributed by atoms with E-state index in [1.165, 1.54) is 12.8 Å². The lowest BCUT2D eigenvalue weighted by molar-refractivity contribution is -0.0350. The lowest BCUT2D eigenvalue weighted by Crippen LogP contribution is -2.44. The van der Waals surface area contributed by atoms with Crippen LogP contribution in [0.15, 0.2) is 6.20 Å². The number of fused-ring (bicyclic) bond motifs is 3. The summed E-state index contributed by atoms with van der Waals surface area (Å²) in [7, 11) is 0. The van der Waals surface area contributed by atoms with Gasteiger partial charge in [-0.25, -0.2) is 14.4 Å². The average Bonchev–Trinajstić information content (AvgIpc) is 2.63. The van der Waals surface area contributed by atoms with Gasteiger partial charge in [0.05, 0.1) is 5.56 Å². The Morgan fingerprint density at radius 1 is 1.26 bits per heavy atom. The van der Waals surface area contributed by atoms with Crippen LogP contribution in [-0.2, 0) is 6.42 Å². The van der Waals surface area contributed by atoms with Crippen LogP contribution in [0.2, 0.25) is 0 Å². The molecular weight excluding hydrogens is 343 g/mol. The number of nitrogens with two attached hydrogens (primary N) is 1. The molecule has 1 aromatic heterocycles. The Labute approximate surface area is 160 Å². The zero-order chi connectivity index (χ0) is 19.1. The molecule has 3 N–H and O–H groups in total. The topological polar surface area (TPSA) is 80.9 Å². The van der Waals surface area contributed by atoms with Gasteiger partial charge in [0, 0.05) is 18.7 Å². The summed E-state index contributed by atoms with van der Waals surface area (Å²) < 4.78 is 14.5. The van der Waals surface area contributed by atoms with Gasteiger partial charge in [0.15, 0.2) is 0 Å². The first kappa shape index (κ1) is 18.6. The summed E-state index contributed by atoms with van der Waals surface area (Å²) in [6.07, 6.45) is 11.7. The minimum Gasteiger partial charge on any atom is -0.367 e. The Morgan fingerprint density at radius 3 is 2.59 bits per heavy atom. The molecule has 0 spiro atoms. The first-order valence-electron chi connectivity index (χ1n) is 10.5. The summed E-state index contributed by atoms with van der Waals surface area (Å²) in [5, 5.41) is 3.47. The van der Waals surface area contributed by atoms with Crippen molar-refractivity contribution < 1.29 is 9.18 Å². The summed E-state index contributed by atoms with van der Waals surface area (Å²) >= 11 is 0. The fourth-order valence-electron chi connectivity index (χ4n) is 5.37. The Balaban J connectivity index is 1.53. The van der Waals surface area contributed by atoms with Crippen LogP contribution in [0, 0.1) is 11.3 Å². The van der Waals surface area contributed by atoms with E-state index in [1.54, 1.807) is 6.20 Å². The molecule has 0 radical (unpaired) electrons. The van der Waals surface area contributed by atoms with Crippen molar-refractivity contribution in [2.75, 3.05) is 5.32 Å². The van der Waals surface area contributed by atoms with Gasteiger partial charge in [-0.2, -0.15) is 0 Å². The second-order valence-corrected chi connectivity index (χ2v) is 9.35. The summed E-state index contributed by atoms with van der Waals surface area (Å²) in [6.45, 7) is 2.27. The smallest absolute Gasteiger partial charge is 0.254 e. The SMILES string of the molecule is C[C@H]1CCC[C@@H](Nc2nc(CC34CCC(F)(CC3)CC4)ncc2C(N)=O)C1. The molecule has 4 fully saturated rings. The second-order valence-electron chi connectivity index (χ2n) is 9.35. The van der Waals surface area contributed by atoms with E-state index in [-0.39, 0.29) is 5.41 Å². The van der Waals surface area contributed by atoms with Crippen molar-refractivity contribution >= 4 is 11.7 Å². The molecule has 1 amide bonds. The third-order valence-electron chi connectivity index (χ3n) is 7.22. The minimum atomic E-state index is -0.928. The van der Waals surface area contributed by atoms with Gasteiger partial charge in [-0.15, -0.1) is 0 Å². The largest absolute Gasteiger partial charge is 0.367 e. The molecule has 5 nitrogen and oxygen atoms in total. The van der Waals surface area contributed by atoms with Crippen molar-refractivity contribution in [3.05, 3.63) is 17.6 Å². The van der Waals surface area contributed by atoms with E-state index in [4.69, 9.17) is 10.7 Å². The first-order valence-corrected chi connectivity index (χ1v) is 10.5. The van der Waals surface area contributed by atoms with Gasteiger partial charge in [-0.1, -0.05) is 19.8 Å². The van der Waals surface area contributed by atoms with E-state index in [0.29, 0.717) is 42.6 Å². The van der Waals surface area contributed by atoms with Gasteiger partial charge in [0.2, 0.25) is 0 Å². The fraction of sp³-hybridized carbons (Fsp3) is 0.762. The van der Waals surface area contributed by atoms with Gasteiger partial charge in [-0.05, 0) is 62.7 Å². The molecule has 5 rings (SSSR count). The molecule has 2 bridgehead atoms. The van der Waals surface area contributed by atoms with E-state index < -0.39 is 11.6 Å². The molecule has 6 heteroatoms. The molecule has 4 aliphatic rings. The Bertz CT molecular complexity index is 698. The van der Waals surface area contributed by atoms with Crippen molar-refractivity contribution in [1.29, 1.82) is 0 Å². The van der Waals surface area contributed by atoms with Gasteiger partial charge >= 0.3 is 0 Å². The highest BCUT2D eigenvalue weighted by Gasteiger charge is 2.49. The highest BCUT2D eigenvalue weighted by Crippen LogP contribution is 2.55. The summed E-state index contributed by atoms with van der Waals surface area (Å²) in [6, 6.07) is 0.323. The fourth-order valence-corrected chi connectivity index (χ4v) is 5.37. The molecule has 4 aliphatic carbocycles. The molecule has 1 heterocycles. The zero-order valence-corrected chi connectivity index (χ0v) is 16.3. The number of anilines is 1. The summed E-state index contributed by atoms with van der Waals surface area (Å²) in [5.74, 6) is 1.51. The van der Waals surface area contributed by atoms with Crippen molar-refractivity contribution in [2.45, 2.75) is 89.3 Å². The number of nitrogens with zero attached hydrogens (tertiary/aromatic N) is 2. The van der Waals surface area contributed by atoms with Crippen LogP contribution in [0.3, 0.4) is 0 Å². The summed E-state index contributed by atoms with van der Waals surface area (Å²) in [5.41, 5.74) is 5.12. The maximum absolute atomic E-state index is 14.5. The lowest BCUT2D eigenvalue weighted by Gasteiger charge is -2.49. The quantitative estimate of drug-likeness (QED) is 0.810. The summed E-state index contributed by atoms with van der Waals surface area (Å²) in [4.78, 5) is 21.0. The molecule has 2 atom stereocenters. The predicted molar refractivity (Wildman–Crippen MR) is 103 cm³/mol. The number of aromatic nitrogens is 2. The van der Waals surface area contributed by atoms with Crippen LogP contribution in [0.5, 0.6) is 0 Å². The van der Waals surface area contributed by atoms with Crippen LogP contribution in [0.25, 0.3) is 0 Å². The molecule has 0 aliphatic heterocycles. The number of amides is 1. The van der Waals surface area contributed by atoms with E-state index in [1.807, 2.05) is 0 Å². The maximum Gasteiger partial charge on any atom is 0.254 e. The van der Waals surface area contributed by atoms with Crippen LogP contribution < -0.4 is 11.1 Å². The predicted octanol–water partition coefficient (Wildman–Crippen LogP) is 4.17. The molecular formula is C21H31FN4O. The van der Waals surface area contributed by atoms with Crippen LogP contribution in [0.1, 0.15) is 87.3 Å². The van der Waals surface area contributed by atoms with Crippen molar-refractivity contribution in [2.24, 2.45) is 17.1 Å². The number of carbonyl (C=O) groups excluding carboxylic acids is 1. The van der Waals surface area contributed by atoms with Crippen LogP contribution >= 0.6 is 0 Å². The third kappa shape index (κ3) is 3.94. The van der Waals surface area contributed by atoms with E-state index in [0.717, 1.165) is 44.3 Å². The van der Waals surface area contributed by atoms with Gasteiger partial charge in [-0.3, -0.25) is 4.79 Å². The molecule has 27 heavy (non-hydrogen) atoms. The molecule has 1 aromatic rings. The van der Waals surface area contributed by atoms with E-state index >= 15 is 0 Å². The monoisotopic (exact) mass is 374 g/mol. The minimum absolute atomic E-state index is 0.124. The zero-order valence-electron chi connectivity index (χ0n) is 16.3. The molecule has 148 valence electrons. The number of rotatable bonds is 5. The standard InChI is InChI=1S/C21H31FN4O/c1-14-3-2-4-15(11-14)25-19-16(18(23)27)13-24-17(26-19)12-20-5-8-21(22,9-6-20)10-7-20/h13-15H,2-12H2,1H3,(H2,23,27)(H,24,25,26)/t14-,15+,20?,21?/m0/s1. The normalized spacial score (nSPS) is 35.8. The van der Waals surface area contributed by atoms with E-state index in [9.17, 15) is 9.18 Å². The van der Waals surface area contributed by atoms with Crippen molar-refractivity contribution in [1.82, 2.24) is 9.97 Å².